The molecule has 1 N–H and O–H groups in total. The third-order valence-corrected chi connectivity index (χ3v) is 2.89. The fourth-order valence-corrected chi connectivity index (χ4v) is 1.75. The second-order valence-electron chi connectivity index (χ2n) is 3.81. The first-order valence-corrected chi connectivity index (χ1v) is 4.63. The molecule has 0 aliphatic carbocycles. The van der Waals surface area contributed by atoms with Crippen LogP contribution in [0.15, 0.2) is 0 Å². The first-order valence-electron chi connectivity index (χ1n) is 4.63. The van der Waals surface area contributed by atoms with Gasteiger partial charge < -0.3 is 5.11 Å². The summed E-state index contributed by atoms with van der Waals surface area (Å²) in [4.78, 5) is 2.16. The van der Waals surface area contributed by atoms with Crippen molar-refractivity contribution in [1.82, 2.24) is 4.90 Å². The molecule has 1 aliphatic rings. The van der Waals surface area contributed by atoms with E-state index in [0.29, 0.717) is 18.5 Å². The second-order valence-corrected chi connectivity index (χ2v) is 3.81. The number of β-amino-alcohol motifs (C(OH)–C–C–N with tert-alkyl or cyclic N) is 1. The van der Waals surface area contributed by atoms with Crippen LogP contribution in [0.1, 0.15) is 20.3 Å². The lowest BCUT2D eigenvalue weighted by molar-refractivity contribution is 0.0839. The fraction of sp³-hybridized carbons (Fsp3) is 1.00. The first-order chi connectivity index (χ1) is 5.65. The van der Waals surface area contributed by atoms with Crippen LogP contribution in [0.3, 0.4) is 0 Å². The molecule has 72 valence electrons. The van der Waals surface area contributed by atoms with Gasteiger partial charge in [0.1, 0.15) is 6.67 Å². The number of hydrogen-bond acceptors (Lipinski definition) is 2. The average molecular weight is 175 g/mol. The van der Waals surface area contributed by atoms with Crippen LogP contribution in [0, 0.1) is 5.92 Å². The normalized spacial score (nSPS) is 34.0. The van der Waals surface area contributed by atoms with Crippen LogP contribution < -0.4 is 0 Å². The Bertz CT molecular complexity index is 142. The molecule has 0 aromatic carbocycles. The molecule has 0 amide bonds. The predicted octanol–water partition coefficient (Wildman–Crippen LogP) is 1.05. The number of nitrogens with zero attached hydrogens (tertiary/aromatic N) is 1. The smallest absolute Gasteiger partial charge is 0.117 e. The summed E-state index contributed by atoms with van der Waals surface area (Å²) in [6, 6.07) is 0.492. The summed E-state index contributed by atoms with van der Waals surface area (Å²) < 4.78 is 12.0. The number of hydrogen-bond donors (Lipinski definition) is 1. The van der Waals surface area contributed by atoms with Crippen molar-refractivity contribution in [3.8, 4) is 0 Å². The lowest BCUT2D eigenvalue weighted by atomic mass is 10.1. The zero-order chi connectivity index (χ0) is 9.14. The van der Waals surface area contributed by atoms with Gasteiger partial charge in [-0.2, -0.15) is 0 Å². The number of aliphatic hydroxyl groups is 1. The average Bonchev–Trinajstić information content (AvgIpc) is 2.36. The van der Waals surface area contributed by atoms with E-state index in [0.717, 1.165) is 6.54 Å². The highest BCUT2D eigenvalue weighted by Crippen LogP contribution is 2.23. The second kappa shape index (κ2) is 4.19. The van der Waals surface area contributed by atoms with Crippen molar-refractivity contribution in [2.24, 2.45) is 5.92 Å². The monoisotopic (exact) mass is 175 g/mol. The lowest BCUT2D eigenvalue weighted by Gasteiger charge is -2.24. The minimum Gasteiger partial charge on any atom is -0.389 e. The van der Waals surface area contributed by atoms with E-state index in [-0.39, 0.29) is 0 Å². The number of alkyl halides is 1. The Kier molecular flexibility index (Phi) is 3.47. The quantitative estimate of drug-likeness (QED) is 0.693. The van der Waals surface area contributed by atoms with Gasteiger partial charge in [-0.1, -0.05) is 6.92 Å². The van der Waals surface area contributed by atoms with Crippen molar-refractivity contribution in [2.75, 3.05) is 19.8 Å². The number of halogens is 1. The zero-order valence-electron chi connectivity index (χ0n) is 7.83. The van der Waals surface area contributed by atoms with E-state index in [2.05, 4.69) is 18.7 Å². The highest BCUT2D eigenvalue weighted by atomic mass is 19.1. The van der Waals surface area contributed by atoms with Crippen LogP contribution in [-0.2, 0) is 0 Å². The van der Waals surface area contributed by atoms with E-state index in [4.69, 9.17) is 5.11 Å². The topological polar surface area (TPSA) is 23.5 Å². The van der Waals surface area contributed by atoms with Gasteiger partial charge in [0, 0.05) is 12.6 Å². The Balaban J connectivity index is 2.33. The van der Waals surface area contributed by atoms with Crippen LogP contribution in [0.4, 0.5) is 4.39 Å². The zero-order valence-corrected chi connectivity index (χ0v) is 7.83. The Labute approximate surface area is 73.4 Å². The molecule has 3 atom stereocenters. The van der Waals surface area contributed by atoms with E-state index in [1.54, 1.807) is 0 Å². The van der Waals surface area contributed by atoms with Crippen molar-refractivity contribution in [1.29, 1.82) is 0 Å². The standard InChI is InChI=1S/C9H18FNO/c1-7-3-4-11(8(7)2)6-9(12)5-10/h7-9,12H,3-6H2,1-2H3. The van der Waals surface area contributed by atoms with Gasteiger partial charge in [-0.25, -0.2) is 4.39 Å². The Hall–Kier alpha value is -0.150. The van der Waals surface area contributed by atoms with Crippen LogP contribution >= 0.6 is 0 Å². The summed E-state index contributed by atoms with van der Waals surface area (Å²) in [5.74, 6) is 0.678. The van der Waals surface area contributed by atoms with Crippen molar-refractivity contribution in [2.45, 2.75) is 32.4 Å². The number of aliphatic hydroxyl groups excluding tert-OH is 1. The van der Waals surface area contributed by atoms with Gasteiger partial charge in [-0.05, 0) is 25.8 Å². The van der Waals surface area contributed by atoms with Crippen LogP contribution in [0.2, 0.25) is 0 Å². The van der Waals surface area contributed by atoms with Crippen molar-refractivity contribution < 1.29 is 9.50 Å². The van der Waals surface area contributed by atoms with E-state index in [1.165, 1.54) is 6.42 Å². The molecule has 1 rings (SSSR count). The lowest BCUT2D eigenvalue weighted by Crippen LogP contribution is -2.36. The Morgan fingerprint density at radius 1 is 1.58 bits per heavy atom. The summed E-state index contributed by atoms with van der Waals surface area (Å²) in [5, 5.41) is 9.11. The Morgan fingerprint density at radius 3 is 2.67 bits per heavy atom. The highest BCUT2D eigenvalue weighted by molar-refractivity contribution is 4.82. The first kappa shape index (κ1) is 9.93. The van der Waals surface area contributed by atoms with E-state index >= 15 is 0 Å². The van der Waals surface area contributed by atoms with Crippen LogP contribution in [0.5, 0.6) is 0 Å². The minimum absolute atomic E-state index is 0.488. The van der Waals surface area contributed by atoms with Crippen molar-refractivity contribution >= 4 is 0 Å². The summed E-state index contributed by atoms with van der Waals surface area (Å²) in [5.41, 5.74) is 0. The third kappa shape index (κ3) is 2.17. The van der Waals surface area contributed by atoms with Crippen molar-refractivity contribution in [3.63, 3.8) is 0 Å². The van der Waals surface area contributed by atoms with Gasteiger partial charge >= 0.3 is 0 Å². The molecular formula is C9H18FNO. The maximum Gasteiger partial charge on any atom is 0.117 e. The molecule has 1 aliphatic heterocycles. The largest absolute Gasteiger partial charge is 0.389 e. The molecule has 1 saturated heterocycles. The summed E-state index contributed by atoms with van der Waals surface area (Å²) in [7, 11) is 0. The molecule has 3 heteroatoms. The fourth-order valence-electron chi connectivity index (χ4n) is 1.75. The van der Waals surface area contributed by atoms with Gasteiger partial charge in [0.05, 0.1) is 6.10 Å². The third-order valence-electron chi connectivity index (χ3n) is 2.89. The molecule has 0 radical (unpaired) electrons. The summed E-state index contributed by atoms with van der Waals surface area (Å²) >= 11 is 0. The van der Waals surface area contributed by atoms with E-state index < -0.39 is 12.8 Å². The molecule has 1 fully saturated rings. The molecule has 3 unspecified atom stereocenters. The Morgan fingerprint density at radius 2 is 2.25 bits per heavy atom. The van der Waals surface area contributed by atoms with E-state index in [9.17, 15) is 4.39 Å². The predicted molar refractivity (Wildman–Crippen MR) is 46.8 cm³/mol. The van der Waals surface area contributed by atoms with Gasteiger partial charge in [-0.15, -0.1) is 0 Å². The summed E-state index contributed by atoms with van der Waals surface area (Å²) in [6.45, 7) is 5.20. The van der Waals surface area contributed by atoms with Crippen LogP contribution in [-0.4, -0.2) is 41.9 Å². The maximum absolute atomic E-state index is 12.0. The summed E-state index contributed by atoms with van der Waals surface area (Å²) in [6.07, 6.45) is 0.373. The van der Waals surface area contributed by atoms with Gasteiger partial charge in [0.15, 0.2) is 0 Å². The number of rotatable bonds is 3. The van der Waals surface area contributed by atoms with E-state index in [1.807, 2.05) is 0 Å². The number of likely N-dealkylation sites (tertiary alicyclic amines) is 1. The SMILES string of the molecule is CC1CCN(CC(O)CF)C1C. The van der Waals surface area contributed by atoms with Gasteiger partial charge in [0.2, 0.25) is 0 Å². The molecule has 0 aromatic heterocycles. The van der Waals surface area contributed by atoms with Gasteiger partial charge in [0.25, 0.3) is 0 Å². The minimum atomic E-state index is -0.794. The molecule has 12 heavy (non-hydrogen) atoms. The molecule has 0 saturated carbocycles. The molecular weight excluding hydrogens is 157 g/mol. The molecule has 1 heterocycles. The van der Waals surface area contributed by atoms with Crippen molar-refractivity contribution in [3.05, 3.63) is 0 Å². The molecule has 0 bridgehead atoms. The highest BCUT2D eigenvalue weighted by Gasteiger charge is 2.28. The molecule has 0 aromatic rings. The van der Waals surface area contributed by atoms with Gasteiger partial charge in [-0.3, -0.25) is 4.90 Å². The molecule has 2 nitrogen and oxygen atoms in total. The van der Waals surface area contributed by atoms with Crippen LogP contribution in [0.25, 0.3) is 0 Å². The maximum atomic E-state index is 12.0. The molecule has 0 spiro atoms.